The molecule has 0 bridgehead atoms. The van der Waals surface area contributed by atoms with Gasteiger partial charge in [0.25, 0.3) is 0 Å². The fourth-order valence-electron chi connectivity index (χ4n) is 2.40. The van der Waals surface area contributed by atoms with Gasteiger partial charge in [-0.2, -0.15) is 0 Å². The lowest BCUT2D eigenvalue weighted by atomic mass is 9.77. The summed E-state index contributed by atoms with van der Waals surface area (Å²) in [6, 6.07) is 7.59. The summed E-state index contributed by atoms with van der Waals surface area (Å²) >= 11 is 0. The molecule has 0 aromatic heterocycles. The molecule has 0 aliphatic carbocycles. The van der Waals surface area contributed by atoms with E-state index in [9.17, 15) is 4.79 Å². The molecule has 1 atom stereocenters. The van der Waals surface area contributed by atoms with Crippen LogP contribution >= 0.6 is 0 Å². The Morgan fingerprint density at radius 3 is 2.68 bits per heavy atom. The molecule has 1 aromatic carbocycles. The van der Waals surface area contributed by atoms with Gasteiger partial charge in [-0.05, 0) is 24.1 Å². The number of esters is 1. The molecular formula is C15H20O4. The maximum Gasteiger partial charge on any atom is 0.313 e. The Morgan fingerprint density at radius 1 is 1.42 bits per heavy atom. The molecule has 19 heavy (non-hydrogen) atoms. The number of methoxy groups -OCH3 is 2. The van der Waals surface area contributed by atoms with Crippen molar-refractivity contribution in [1.29, 1.82) is 0 Å². The molecule has 1 unspecified atom stereocenters. The van der Waals surface area contributed by atoms with Gasteiger partial charge >= 0.3 is 5.97 Å². The fraction of sp³-hybridized carbons (Fsp3) is 0.533. The molecular weight excluding hydrogens is 244 g/mol. The largest absolute Gasteiger partial charge is 0.497 e. The summed E-state index contributed by atoms with van der Waals surface area (Å²) in [5.41, 5.74) is 0.987. The molecule has 1 aliphatic heterocycles. The summed E-state index contributed by atoms with van der Waals surface area (Å²) in [5, 5.41) is 0. The molecule has 104 valence electrons. The van der Waals surface area contributed by atoms with Crippen molar-refractivity contribution in [1.82, 2.24) is 0 Å². The topological polar surface area (TPSA) is 44.8 Å². The van der Waals surface area contributed by atoms with E-state index in [0.29, 0.717) is 13.2 Å². The van der Waals surface area contributed by atoms with Crippen LogP contribution in [-0.2, 0) is 14.3 Å². The van der Waals surface area contributed by atoms with Gasteiger partial charge in [0.2, 0.25) is 0 Å². The van der Waals surface area contributed by atoms with E-state index in [4.69, 9.17) is 14.2 Å². The second kappa shape index (κ2) is 5.61. The van der Waals surface area contributed by atoms with Gasteiger partial charge in [0.15, 0.2) is 0 Å². The van der Waals surface area contributed by atoms with E-state index in [1.165, 1.54) is 7.11 Å². The van der Waals surface area contributed by atoms with Crippen molar-refractivity contribution in [3.63, 3.8) is 0 Å². The molecule has 1 fully saturated rings. The minimum Gasteiger partial charge on any atom is -0.497 e. The lowest BCUT2D eigenvalue weighted by Gasteiger charge is -2.40. The van der Waals surface area contributed by atoms with Crippen molar-refractivity contribution in [3.05, 3.63) is 29.8 Å². The zero-order chi connectivity index (χ0) is 13.9. The Balaban J connectivity index is 2.23. The molecule has 0 radical (unpaired) electrons. The molecule has 4 nitrogen and oxygen atoms in total. The van der Waals surface area contributed by atoms with E-state index in [-0.39, 0.29) is 17.3 Å². The molecule has 1 aliphatic rings. The van der Waals surface area contributed by atoms with Gasteiger partial charge in [-0.1, -0.05) is 19.1 Å². The zero-order valence-electron chi connectivity index (χ0n) is 11.6. The van der Waals surface area contributed by atoms with Crippen LogP contribution in [0.2, 0.25) is 0 Å². The summed E-state index contributed by atoms with van der Waals surface area (Å²) in [6.07, 6.45) is 0.729. The highest BCUT2D eigenvalue weighted by Crippen LogP contribution is 2.38. The van der Waals surface area contributed by atoms with Crippen LogP contribution < -0.4 is 4.74 Å². The van der Waals surface area contributed by atoms with E-state index >= 15 is 0 Å². The summed E-state index contributed by atoms with van der Waals surface area (Å²) in [7, 11) is 3.04. The van der Waals surface area contributed by atoms with Crippen molar-refractivity contribution in [2.75, 3.05) is 27.4 Å². The standard InChI is InChI=1S/C15H20O4/c1-15(9-19-10-15)8-13(14(16)18-3)11-5-4-6-12(7-11)17-2/h4-7,13H,8-10H2,1-3H3. The van der Waals surface area contributed by atoms with Crippen LogP contribution in [0, 0.1) is 5.41 Å². The minimum absolute atomic E-state index is 0.0575. The predicted octanol–water partition coefficient (Wildman–Crippen LogP) is 2.38. The smallest absolute Gasteiger partial charge is 0.313 e. The number of hydrogen-bond donors (Lipinski definition) is 0. The first kappa shape index (κ1) is 13.9. The number of hydrogen-bond acceptors (Lipinski definition) is 4. The third kappa shape index (κ3) is 3.07. The summed E-state index contributed by atoms with van der Waals surface area (Å²) < 4.78 is 15.4. The van der Waals surface area contributed by atoms with Crippen molar-refractivity contribution in [2.45, 2.75) is 19.3 Å². The van der Waals surface area contributed by atoms with Crippen LogP contribution in [0.5, 0.6) is 5.75 Å². The Morgan fingerprint density at radius 2 is 2.16 bits per heavy atom. The first-order chi connectivity index (χ1) is 9.08. The molecule has 0 N–H and O–H groups in total. The second-order valence-electron chi connectivity index (χ2n) is 5.36. The SMILES string of the molecule is COC(=O)C(CC1(C)COC1)c1cccc(OC)c1. The van der Waals surface area contributed by atoms with E-state index in [1.807, 2.05) is 24.3 Å². The van der Waals surface area contributed by atoms with Crippen molar-refractivity contribution < 1.29 is 19.0 Å². The normalized spacial score (nSPS) is 18.3. The molecule has 1 aromatic rings. The van der Waals surface area contributed by atoms with E-state index < -0.39 is 0 Å². The van der Waals surface area contributed by atoms with E-state index in [2.05, 4.69) is 6.92 Å². The number of benzene rings is 1. The maximum atomic E-state index is 12.0. The van der Waals surface area contributed by atoms with Gasteiger partial charge in [-0.15, -0.1) is 0 Å². The number of rotatable bonds is 5. The lowest BCUT2D eigenvalue weighted by molar-refractivity contribution is -0.148. The van der Waals surface area contributed by atoms with Crippen molar-refractivity contribution >= 4 is 5.97 Å². The fourth-order valence-corrected chi connectivity index (χ4v) is 2.40. The monoisotopic (exact) mass is 264 g/mol. The molecule has 1 saturated heterocycles. The molecule has 0 amide bonds. The molecule has 4 heteroatoms. The number of carbonyl (C=O) groups is 1. The van der Waals surface area contributed by atoms with Crippen molar-refractivity contribution in [3.8, 4) is 5.75 Å². The molecule has 0 spiro atoms. The van der Waals surface area contributed by atoms with Crippen LogP contribution in [0.3, 0.4) is 0 Å². The van der Waals surface area contributed by atoms with Gasteiger partial charge in [0.1, 0.15) is 5.75 Å². The third-order valence-electron chi connectivity index (χ3n) is 3.58. The highest BCUT2D eigenvalue weighted by Gasteiger charge is 2.38. The molecule has 0 saturated carbocycles. The predicted molar refractivity (Wildman–Crippen MR) is 71.3 cm³/mol. The lowest BCUT2D eigenvalue weighted by Crippen LogP contribution is -2.42. The van der Waals surface area contributed by atoms with Gasteiger partial charge in [0, 0.05) is 5.41 Å². The van der Waals surface area contributed by atoms with Crippen LogP contribution in [0.25, 0.3) is 0 Å². The van der Waals surface area contributed by atoms with Gasteiger partial charge in [-0.3, -0.25) is 4.79 Å². The van der Waals surface area contributed by atoms with Crippen molar-refractivity contribution in [2.24, 2.45) is 5.41 Å². The average molecular weight is 264 g/mol. The zero-order valence-corrected chi connectivity index (χ0v) is 11.6. The number of ether oxygens (including phenoxy) is 3. The first-order valence-electron chi connectivity index (χ1n) is 6.37. The highest BCUT2D eigenvalue weighted by molar-refractivity contribution is 5.78. The molecule has 1 heterocycles. The third-order valence-corrected chi connectivity index (χ3v) is 3.58. The van der Waals surface area contributed by atoms with Crippen LogP contribution in [-0.4, -0.2) is 33.4 Å². The number of carbonyl (C=O) groups excluding carboxylic acids is 1. The average Bonchev–Trinajstić information content (AvgIpc) is 2.42. The van der Waals surface area contributed by atoms with E-state index in [0.717, 1.165) is 17.7 Å². The minimum atomic E-state index is -0.269. The van der Waals surface area contributed by atoms with Gasteiger partial charge < -0.3 is 14.2 Å². The van der Waals surface area contributed by atoms with Crippen LogP contribution in [0.4, 0.5) is 0 Å². The van der Waals surface area contributed by atoms with Crippen LogP contribution in [0.1, 0.15) is 24.8 Å². The Labute approximate surface area is 113 Å². The Hall–Kier alpha value is -1.55. The molecule has 2 rings (SSSR count). The summed E-state index contributed by atoms with van der Waals surface area (Å²) in [4.78, 5) is 12.0. The van der Waals surface area contributed by atoms with Crippen LogP contribution in [0.15, 0.2) is 24.3 Å². The first-order valence-corrected chi connectivity index (χ1v) is 6.37. The van der Waals surface area contributed by atoms with E-state index in [1.54, 1.807) is 7.11 Å². The summed E-state index contributed by atoms with van der Waals surface area (Å²) in [5.74, 6) is 0.275. The van der Waals surface area contributed by atoms with Gasteiger partial charge in [-0.25, -0.2) is 0 Å². The maximum absolute atomic E-state index is 12.0. The Bertz CT molecular complexity index is 451. The second-order valence-corrected chi connectivity index (χ2v) is 5.36. The quantitative estimate of drug-likeness (QED) is 0.766. The highest BCUT2D eigenvalue weighted by atomic mass is 16.5. The summed E-state index contributed by atoms with van der Waals surface area (Å²) in [6.45, 7) is 3.53. The Kier molecular flexibility index (Phi) is 4.10. The van der Waals surface area contributed by atoms with Gasteiger partial charge in [0.05, 0.1) is 33.4 Å².